The van der Waals surface area contributed by atoms with Gasteiger partial charge in [-0.05, 0) is 13.5 Å². The fraction of sp³-hybridized carbons (Fsp3) is 0.667. The van der Waals surface area contributed by atoms with Crippen molar-refractivity contribution in [1.29, 1.82) is 0 Å². The van der Waals surface area contributed by atoms with E-state index in [2.05, 4.69) is 11.9 Å². The van der Waals surface area contributed by atoms with E-state index in [4.69, 9.17) is 0 Å². The smallest absolute Gasteiger partial charge is 0.352 e. The molecule has 1 saturated heterocycles. The number of amides is 2. The summed E-state index contributed by atoms with van der Waals surface area (Å²) < 4.78 is 36.8. The second-order valence-corrected chi connectivity index (χ2v) is 4.69. The van der Waals surface area contributed by atoms with Gasteiger partial charge in [-0.3, -0.25) is 14.5 Å². The Morgan fingerprint density at radius 2 is 2.25 bits per heavy atom. The van der Waals surface area contributed by atoms with Crippen LogP contribution >= 0.6 is 0 Å². The zero-order chi connectivity index (χ0) is 15.3. The average Bonchev–Trinajstić information content (AvgIpc) is 2.66. The highest BCUT2D eigenvalue weighted by molar-refractivity contribution is 5.85. The first-order valence-electron chi connectivity index (χ1n) is 6.18. The Labute approximate surface area is 115 Å². The van der Waals surface area contributed by atoms with Gasteiger partial charge in [-0.25, -0.2) is 0 Å². The van der Waals surface area contributed by atoms with Crippen molar-refractivity contribution in [3.63, 3.8) is 0 Å². The van der Waals surface area contributed by atoms with Crippen LogP contribution in [-0.2, 0) is 9.59 Å². The Morgan fingerprint density at radius 1 is 1.60 bits per heavy atom. The van der Waals surface area contributed by atoms with E-state index in [1.54, 1.807) is 7.05 Å². The number of carbonyl (C=O) groups excluding carboxylic acids is 2. The molecule has 0 aromatic carbocycles. The molecular weight excluding hydrogens is 275 g/mol. The Kier molecular flexibility index (Phi) is 5.55. The molecule has 1 unspecified atom stereocenters. The number of nitrogens with one attached hydrogen (secondary N) is 1. The summed E-state index contributed by atoms with van der Waals surface area (Å²) in [4.78, 5) is 25.6. The monoisotopic (exact) mass is 293 g/mol. The third kappa shape index (κ3) is 4.84. The minimum absolute atomic E-state index is 0.0376. The van der Waals surface area contributed by atoms with E-state index in [-0.39, 0.29) is 19.0 Å². The van der Waals surface area contributed by atoms with Crippen molar-refractivity contribution < 1.29 is 22.8 Å². The van der Waals surface area contributed by atoms with Crippen molar-refractivity contribution in [2.45, 2.75) is 18.6 Å². The lowest BCUT2D eigenvalue weighted by Crippen LogP contribution is -2.45. The summed E-state index contributed by atoms with van der Waals surface area (Å²) in [5.74, 6) is -0.879. The van der Waals surface area contributed by atoms with Crippen molar-refractivity contribution >= 4 is 11.8 Å². The number of hydrogen-bond donors (Lipinski definition) is 1. The topological polar surface area (TPSA) is 52.7 Å². The van der Waals surface area contributed by atoms with Gasteiger partial charge in [0, 0.05) is 13.1 Å². The molecule has 0 bridgehead atoms. The van der Waals surface area contributed by atoms with E-state index in [1.165, 1.54) is 11.0 Å². The summed E-state index contributed by atoms with van der Waals surface area (Å²) in [5.41, 5.74) is 0. The van der Waals surface area contributed by atoms with Crippen LogP contribution in [0.15, 0.2) is 12.7 Å². The Morgan fingerprint density at radius 3 is 2.80 bits per heavy atom. The largest absolute Gasteiger partial charge is 0.406 e. The molecule has 0 saturated carbocycles. The Bertz CT molecular complexity index is 385. The molecule has 8 heteroatoms. The summed E-state index contributed by atoms with van der Waals surface area (Å²) in [7, 11) is 1.55. The fourth-order valence-electron chi connectivity index (χ4n) is 2.08. The molecular formula is C12H18F3N3O2. The standard InChI is InChI=1S/C12H18F3N3O2/c1-3-5-16-10(19)7-17(2)9-4-6-18(11(9)20)8-12(13,14)15/h3,9H,1,4-8H2,2H3,(H,16,19). The maximum Gasteiger partial charge on any atom is 0.406 e. The highest BCUT2D eigenvalue weighted by atomic mass is 19.4. The predicted molar refractivity (Wildman–Crippen MR) is 66.9 cm³/mol. The number of halogens is 3. The van der Waals surface area contributed by atoms with Gasteiger partial charge in [-0.2, -0.15) is 13.2 Å². The van der Waals surface area contributed by atoms with Crippen molar-refractivity contribution in [2.75, 3.05) is 33.2 Å². The lowest BCUT2D eigenvalue weighted by molar-refractivity contribution is -0.159. The molecule has 0 aromatic rings. The second-order valence-electron chi connectivity index (χ2n) is 4.69. The Balaban J connectivity index is 2.50. The van der Waals surface area contributed by atoms with Gasteiger partial charge in [0.1, 0.15) is 6.54 Å². The van der Waals surface area contributed by atoms with E-state index in [9.17, 15) is 22.8 Å². The normalized spacial score (nSPS) is 19.6. The van der Waals surface area contributed by atoms with Crippen LogP contribution in [0.4, 0.5) is 13.2 Å². The van der Waals surface area contributed by atoms with E-state index >= 15 is 0 Å². The molecule has 1 N–H and O–H groups in total. The van der Waals surface area contributed by atoms with Crippen LogP contribution in [0.1, 0.15) is 6.42 Å². The number of likely N-dealkylation sites (N-methyl/N-ethyl adjacent to an activating group) is 1. The molecule has 20 heavy (non-hydrogen) atoms. The van der Waals surface area contributed by atoms with Crippen LogP contribution in [0.3, 0.4) is 0 Å². The number of nitrogens with zero attached hydrogens (tertiary/aromatic N) is 2. The fourth-order valence-corrected chi connectivity index (χ4v) is 2.08. The van der Waals surface area contributed by atoms with E-state index < -0.39 is 24.7 Å². The van der Waals surface area contributed by atoms with Gasteiger partial charge in [0.15, 0.2) is 0 Å². The molecule has 0 radical (unpaired) electrons. The number of rotatable bonds is 6. The summed E-state index contributed by atoms with van der Waals surface area (Å²) in [5, 5.41) is 2.55. The molecule has 0 spiro atoms. The lowest BCUT2D eigenvalue weighted by atomic mass is 10.2. The van der Waals surface area contributed by atoms with Crippen LogP contribution in [-0.4, -0.2) is 67.1 Å². The Hall–Kier alpha value is -1.57. The van der Waals surface area contributed by atoms with E-state index in [0.29, 0.717) is 13.0 Å². The van der Waals surface area contributed by atoms with Crippen LogP contribution in [0.5, 0.6) is 0 Å². The van der Waals surface area contributed by atoms with Crippen LogP contribution in [0.25, 0.3) is 0 Å². The van der Waals surface area contributed by atoms with Gasteiger partial charge in [0.2, 0.25) is 11.8 Å². The van der Waals surface area contributed by atoms with Gasteiger partial charge >= 0.3 is 6.18 Å². The SMILES string of the molecule is C=CCNC(=O)CN(C)C1CCN(CC(F)(F)F)C1=O. The number of hydrogen-bond acceptors (Lipinski definition) is 3. The molecule has 1 fully saturated rings. The lowest BCUT2D eigenvalue weighted by Gasteiger charge is -2.23. The minimum Gasteiger partial charge on any atom is -0.352 e. The van der Waals surface area contributed by atoms with Gasteiger partial charge < -0.3 is 10.2 Å². The highest BCUT2D eigenvalue weighted by Gasteiger charge is 2.40. The van der Waals surface area contributed by atoms with Crippen LogP contribution < -0.4 is 5.32 Å². The molecule has 114 valence electrons. The van der Waals surface area contributed by atoms with Gasteiger partial charge in [0.25, 0.3) is 0 Å². The van der Waals surface area contributed by atoms with Gasteiger partial charge in [0.05, 0.1) is 12.6 Å². The predicted octanol–water partition coefficient (Wildman–Crippen LogP) is 0.384. The van der Waals surface area contributed by atoms with Crippen LogP contribution in [0.2, 0.25) is 0 Å². The first-order valence-corrected chi connectivity index (χ1v) is 6.18. The first kappa shape index (κ1) is 16.5. The first-order chi connectivity index (χ1) is 9.24. The van der Waals surface area contributed by atoms with E-state index in [0.717, 1.165) is 4.90 Å². The van der Waals surface area contributed by atoms with Crippen molar-refractivity contribution in [3.8, 4) is 0 Å². The molecule has 0 aliphatic carbocycles. The number of likely N-dealkylation sites (tertiary alicyclic amines) is 1. The molecule has 1 heterocycles. The van der Waals surface area contributed by atoms with Crippen molar-refractivity contribution in [2.24, 2.45) is 0 Å². The van der Waals surface area contributed by atoms with Crippen molar-refractivity contribution in [1.82, 2.24) is 15.1 Å². The molecule has 2 amide bonds. The highest BCUT2D eigenvalue weighted by Crippen LogP contribution is 2.22. The molecule has 5 nitrogen and oxygen atoms in total. The van der Waals surface area contributed by atoms with Crippen LogP contribution in [0, 0.1) is 0 Å². The zero-order valence-electron chi connectivity index (χ0n) is 11.2. The molecule has 1 aliphatic heterocycles. The quantitative estimate of drug-likeness (QED) is 0.721. The summed E-state index contributed by atoms with van der Waals surface area (Å²) in [6.45, 7) is 2.54. The average molecular weight is 293 g/mol. The summed E-state index contributed by atoms with van der Waals surface area (Å²) in [6.07, 6.45) is -2.59. The molecule has 1 aliphatic rings. The van der Waals surface area contributed by atoms with Crippen molar-refractivity contribution in [3.05, 3.63) is 12.7 Å². The third-order valence-electron chi connectivity index (χ3n) is 3.01. The second kappa shape index (κ2) is 6.74. The van der Waals surface area contributed by atoms with Gasteiger partial charge in [-0.1, -0.05) is 6.08 Å². The number of alkyl halides is 3. The maximum atomic E-state index is 12.3. The third-order valence-corrected chi connectivity index (χ3v) is 3.01. The summed E-state index contributed by atoms with van der Waals surface area (Å²) in [6, 6.07) is -0.674. The maximum absolute atomic E-state index is 12.3. The zero-order valence-corrected chi connectivity index (χ0v) is 11.2. The summed E-state index contributed by atoms with van der Waals surface area (Å²) >= 11 is 0. The molecule has 1 rings (SSSR count). The molecule has 1 atom stereocenters. The minimum atomic E-state index is -4.40. The van der Waals surface area contributed by atoms with E-state index in [1.807, 2.05) is 0 Å². The number of carbonyl (C=O) groups is 2. The van der Waals surface area contributed by atoms with Gasteiger partial charge in [-0.15, -0.1) is 6.58 Å². The molecule has 0 aromatic heterocycles.